The summed E-state index contributed by atoms with van der Waals surface area (Å²) in [4.78, 5) is 2.47. The van der Waals surface area contributed by atoms with Gasteiger partial charge in [0.2, 0.25) is 0 Å². The molecule has 0 aromatic heterocycles. The zero-order chi connectivity index (χ0) is 14.7. The summed E-state index contributed by atoms with van der Waals surface area (Å²) in [5.41, 5.74) is 1.48. The van der Waals surface area contributed by atoms with Crippen LogP contribution >= 0.6 is 0 Å². The first-order chi connectivity index (χ1) is 10.3. The molecule has 0 atom stereocenters. The highest BCUT2D eigenvalue weighted by atomic mass is 16.5. The molecule has 1 N–H and O–H groups in total. The first-order valence-corrected chi connectivity index (χ1v) is 8.16. The highest BCUT2D eigenvalue weighted by molar-refractivity contribution is 5.57. The van der Waals surface area contributed by atoms with Gasteiger partial charge in [-0.05, 0) is 25.0 Å². The molecule has 0 bridgehead atoms. The zero-order valence-corrected chi connectivity index (χ0v) is 13.2. The minimum Gasteiger partial charge on any atom is -0.490 e. The van der Waals surface area contributed by atoms with Crippen LogP contribution in [0.3, 0.4) is 0 Å². The number of rotatable bonds is 3. The first kappa shape index (κ1) is 14.5. The highest BCUT2D eigenvalue weighted by Crippen LogP contribution is 2.35. The van der Waals surface area contributed by atoms with Gasteiger partial charge in [0, 0.05) is 43.3 Å². The molecule has 0 unspecified atom stereocenters. The molecule has 2 heterocycles. The number of anilines is 1. The van der Waals surface area contributed by atoms with E-state index in [0.29, 0.717) is 0 Å². The van der Waals surface area contributed by atoms with Crippen LogP contribution in [0.15, 0.2) is 18.2 Å². The van der Waals surface area contributed by atoms with Crippen molar-refractivity contribution in [2.45, 2.75) is 38.6 Å². The van der Waals surface area contributed by atoms with Gasteiger partial charge >= 0.3 is 0 Å². The van der Waals surface area contributed by atoms with Crippen molar-refractivity contribution in [3.63, 3.8) is 0 Å². The summed E-state index contributed by atoms with van der Waals surface area (Å²) < 4.78 is 11.5. The van der Waals surface area contributed by atoms with E-state index in [-0.39, 0.29) is 5.54 Å². The van der Waals surface area contributed by atoms with Gasteiger partial charge in [0.25, 0.3) is 0 Å². The van der Waals surface area contributed by atoms with E-state index >= 15 is 0 Å². The predicted octanol–water partition coefficient (Wildman–Crippen LogP) is 2.82. The van der Waals surface area contributed by atoms with Crippen molar-refractivity contribution in [2.24, 2.45) is 0 Å². The number of nitrogens with one attached hydrogen (secondary N) is 1. The van der Waals surface area contributed by atoms with Gasteiger partial charge in [0.1, 0.15) is 0 Å². The summed E-state index contributed by atoms with van der Waals surface area (Å²) in [7, 11) is 0. The minimum absolute atomic E-state index is 0.238. The lowest BCUT2D eigenvalue weighted by molar-refractivity contribution is 0.277. The standard InChI is InChI=1S/C17H26N2O2/c1-3-17(4-2)13-19(9-8-18-17)14-6-7-15-16(12-14)21-11-5-10-20-15/h6-7,12,18H,3-5,8-11,13H2,1-2H3. The zero-order valence-electron chi connectivity index (χ0n) is 13.2. The normalized spacial score (nSPS) is 21.0. The number of nitrogens with zero attached hydrogens (tertiary/aromatic N) is 1. The number of ether oxygens (including phenoxy) is 2. The largest absolute Gasteiger partial charge is 0.490 e. The lowest BCUT2D eigenvalue weighted by atomic mass is 9.90. The fourth-order valence-corrected chi connectivity index (χ4v) is 3.25. The molecule has 116 valence electrons. The van der Waals surface area contributed by atoms with Gasteiger partial charge in [-0.25, -0.2) is 0 Å². The average Bonchev–Trinajstić information content (AvgIpc) is 2.79. The van der Waals surface area contributed by atoms with E-state index in [0.717, 1.165) is 63.6 Å². The Kier molecular flexibility index (Phi) is 4.24. The molecule has 1 aromatic carbocycles. The van der Waals surface area contributed by atoms with E-state index in [1.165, 1.54) is 5.69 Å². The number of piperazine rings is 1. The molecular formula is C17H26N2O2. The fraction of sp³-hybridized carbons (Fsp3) is 0.647. The highest BCUT2D eigenvalue weighted by Gasteiger charge is 2.32. The van der Waals surface area contributed by atoms with Gasteiger partial charge in [0.05, 0.1) is 13.2 Å². The Labute approximate surface area is 127 Å². The number of fused-ring (bicyclic) bond motifs is 1. The van der Waals surface area contributed by atoms with Crippen molar-refractivity contribution < 1.29 is 9.47 Å². The molecule has 1 aromatic rings. The van der Waals surface area contributed by atoms with Crippen LogP contribution < -0.4 is 19.7 Å². The summed E-state index contributed by atoms with van der Waals surface area (Å²) in [6, 6.07) is 6.36. The quantitative estimate of drug-likeness (QED) is 0.928. The molecule has 0 aliphatic carbocycles. The van der Waals surface area contributed by atoms with Crippen LogP contribution in [0.2, 0.25) is 0 Å². The third-order valence-corrected chi connectivity index (χ3v) is 4.83. The maximum Gasteiger partial charge on any atom is 0.163 e. The van der Waals surface area contributed by atoms with Crippen molar-refractivity contribution in [2.75, 3.05) is 37.7 Å². The Morgan fingerprint density at radius 3 is 2.67 bits per heavy atom. The van der Waals surface area contributed by atoms with Crippen LogP contribution in [0, 0.1) is 0 Å². The van der Waals surface area contributed by atoms with Crippen LogP contribution in [-0.2, 0) is 0 Å². The summed E-state index contributed by atoms with van der Waals surface area (Å²) >= 11 is 0. The fourth-order valence-electron chi connectivity index (χ4n) is 3.25. The summed E-state index contributed by atoms with van der Waals surface area (Å²) in [5, 5.41) is 3.71. The summed E-state index contributed by atoms with van der Waals surface area (Å²) in [6.07, 6.45) is 3.27. The van der Waals surface area contributed by atoms with E-state index in [2.05, 4.69) is 42.3 Å². The molecule has 0 radical (unpaired) electrons. The van der Waals surface area contributed by atoms with Crippen molar-refractivity contribution in [3.05, 3.63) is 18.2 Å². The van der Waals surface area contributed by atoms with Crippen LogP contribution in [-0.4, -0.2) is 38.4 Å². The Morgan fingerprint density at radius 2 is 1.90 bits per heavy atom. The first-order valence-electron chi connectivity index (χ1n) is 8.16. The average molecular weight is 290 g/mol. The van der Waals surface area contributed by atoms with Gasteiger partial charge < -0.3 is 19.7 Å². The van der Waals surface area contributed by atoms with Gasteiger partial charge in [-0.1, -0.05) is 13.8 Å². The maximum absolute atomic E-state index is 5.82. The Morgan fingerprint density at radius 1 is 1.14 bits per heavy atom. The Bertz CT molecular complexity index is 486. The molecule has 1 fully saturated rings. The monoisotopic (exact) mass is 290 g/mol. The van der Waals surface area contributed by atoms with Crippen LogP contribution in [0.4, 0.5) is 5.69 Å². The molecule has 2 aliphatic heterocycles. The SMILES string of the molecule is CCC1(CC)CN(c2ccc3c(c2)OCCCO3)CCN1. The van der Waals surface area contributed by atoms with Crippen LogP contribution in [0.1, 0.15) is 33.1 Å². The van der Waals surface area contributed by atoms with Crippen molar-refractivity contribution in [3.8, 4) is 11.5 Å². The van der Waals surface area contributed by atoms with Crippen molar-refractivity contribution in [1.82, 2.24) is 5.32 Å². The molecule has 21 heavy (non-hydrogen) atoms. The smallest absolute Gasteiger partial charge is 0.163 e. The van der Waals surface area contributed by atoms with E-state index < -0.39 is 0 Å². The predicted molar refractivity (Wildman–Crippen MR) is 85.6 cm³/mol. The molecule has 4 heteroatoms. The molecular weight excluding hydrogens is 264 g/mol. The van der Waals surface area contributed by atoms with Crippen molar-refractivity contribution in [1.29, 1.82) is 0 Å². The topological polar surface area (TPSA) is 33.7 Å². The van der Waals surface area contributed by atoms with E-state index in [1.807, 2.05) is 0 Å². The molecule has 0 spiro atoms. The van der Waals surface area contributed by atoms with Crippen LogP contribution in [0.25, 0.3) is 0 Å². The van der Waals surface area contributed by atoms with Crippen molar-refractivity contribution >= 4 is 5.69 Å². The molecule has 1 saturated heterocycles. The van der Waals surface area contributed by atoms with Crippen LogP contribution in [0.5, 0.6) is 11.5 Å². The van der Waals surface area contributed by atoms with Gasteiger partial charge in [0.15, 0.2) is 11.5 Å². The maximum atomic E-state index is 5.82. The molecule has 2 aliphatic rings. The summed E-state index contributed by atoms with van der Waals surface area (Å²) in [5.74, 6) is 1.77. The lowest BCUT2D eigenvalue weighted by Gasteiger charge is -2.44. The number of benzene rings is 1. The third kappa shape index (κ3) is 2.95. The van der Waals surface area contributed by atoms with E-state index in [1.54, 1.807) is 0 Å². The Balaban J connectivity index is 1.81. The second-order valence-electron chi connectivity index (χ2n) is 6.02. The van der Waals surface area contributed by atoms with Gasteiger partial charge in [-0.3, -0.25) is 0 Å². The second-order valence-corrected chi connectivity index (χ2v) is 6.02. The molecule has 4 nitrogen and oxygen atoms in total. The van der Waals surface area contributed by atoms with Gasteiger partial charge in [-0.2, -0.15) is 0 Å². The van der Waals surface area contributed by atoms with E-state index in [4.69, 9.17) is 9.47 Å². The Hall–Kier alpha value is -1.42. The lowest BCUT2D eigenvalue weighted by Crippen LogP contribution is -2.60. The number of hydrogen-bond donors (Lipinski definition) is 1. The minimum atomic E-state index is 0.238. The molecule has 0 saturated carbocycles. The summed E-state index contributed by atoms with van der Waals surface area (Å²) in [6.45, 7) is 9.17. The van der Waals surface area contributed by atoms with Gasteiger partial charge in [-0.15, -0.1) is 0 Å². The number of hydrogen-bond acceptors (Lipinski definition) is 4. The molecule has 0 amide bonds. The second kappa shape index (κ2) is 6.14. The molecule has 3 rings (SSSR count). The third-order valence-electron chi connectivity index (χ3n) is 4.83. The van der Waals surface area contributed by atoms with E-state index in [9.17, 15) is 0 Å².